The van der Waals surface area contributed by atoms with Gasteiger partial charge in [-0.1, -0.05) is 11.8 Å². The maximum atomic E-state index is 12.4. The second kappa shape index (κ2) is 8.57. The number of likely N-dealkylation sites (N-methyl/N-ethyl adjacent to an activating group) is 1. The first-order valence-electron chi connectivity index (χ1n) is 8.63. The molecule has 1 fully saturated rings. The third-order valence-corrected chi connectivity index (χ3v) is 5.43. The molecule has 1 aliphatic heterocycles. The zero-order valence-corrected chi connectivity index (χ0v) is 16.5. The fraction of sp³-hybridized carbons (Fsp3) is 0.529. The van der Waals surface area contributed by atoms with Crippen molar-refractivity contribution in [2.24, 2.45) is 7.05 Å². The minimum absolute atomic E-state index is 0.0597. The zero-order valence-electron chi connectivity index (χ0n) is 15.7. The van der Waals surface area contributed by atoms with Crippen LogP contribution in [-0.4, -0.2) is 82.0 Å². The van der Waals surface area contributed by atoms with Gasteiger partial charge in [-0.05, 0) is 13.0 Å². The summed E-state index contributed by atoms with van der Waals surface area (Å²) in [6.45, 7) is 4.17. The average molecular weight is 393 g/mol. The Balaban J connectivity index is 1.53. The molecule has 10 heteroatoms. The van der Waals surface area contributed by atoms with Crippen LogP contribution < -0.4 is 0 Å². The van der Waals surface area contributed by atoms with Crippen LogP contribution in [-0.2, 0) is 21.4 Å². The summed E-state index contributed by atoms with van der Waals surface area (Å²) < 4.78 is 12.4. The smallest absolute Gasteiger partial charge is 0.242 e. The van der Waals surface area contributed by atoms with Gasteiger partial charge in [0.2, 0.25) is 11.8 Å². The molecular formula is C17H23N5O4S. The molecule has 2 amide bonds. The van der Waals surface area contributed by atoms with Gasteiger partial charge >= 0.3 is 0 Å². The fourth-order valence-electron chi connectivity index (χ4n) is 2.73. The quantitative estimate of drug-likeness (QED) is 0.670. The lowest BCUT2D eigenvalue weighted by molar-refractivity contribution is -0.140. The van der Waals surface area contributed by atoms with Gasteiger partial charge in [-0.2, -0.15) is 0 Å². The summed E-state index contributed by atoms with van der Waals surface area (Å²) in [5.74, 6) is 1.44. The number of hydrogen-bond donors (Lipinski definition) is 0. The molecular weight excluding hydrogens is 370 g/mol. The highest BCUT2D eigenvalue weighted by atomic mass is 32.2. The van der Waals surface area contributed by atoms with Gasteiger partial charge in [-0.15, -0.1) is 10.2 Å². The molecule has 3 rings (SSSR count). The highest BCUT2D eigenvalue weighted by Crippen LogP contribution is 2.25. The number of aromatic nitrogens is 3. The molecule has 0 radical (unpaired) electrons. The second-order valence-electron chi connectivity index (χ2n) is 6.29. The van der Waals surface area contributed by atoms with Crippen molar-refractivity contribution in [3.05, 3.63) is 18.1 Å². The monoisotopic (exact) mass is 393 g/mol. The van der Waals surface area contributed by atoms with Gasteiger partial charge in [-0.25, -0.2) is 0 Å². The van der Waals surface area contributed by atoms with E-state index in [0.29, 0.717) is 37.3 Å². The molecule has 27 heavy (non-hydrogen) atoms. The Morgan fingerprint density at radius 2 is 2.04 bits per heavy atom. The van der Waals surface area contributed by atoms with Gasteiger partial charge in [0, 0.05) is 27.2 Å². The lowest BCUT2D eigenvalue weighted by Gasteiger charge is -2.28. The molecule has 0 aromatic carbocycles. The first kappa shape index (κ1) is 19.4. The highest BCUT2D eigenvalue weighted by molar-refractivity contribution is 7.99. The van der Waals surface area contributed by atoms with E-state index >= 15 is 0 Å². The molecule has 0 spiro atoms. The lowest BCUT2D eigenvalue weighted by atomic mass is 10.2. The van der Waals surface area contributed by atoms with Gasteiger partial charge in [-0.3, -0.25) is 9.59 Å². The van der Waals surface area contributed by atoms with Gasteiger partial charge in [0.1, 0.15) is 5.76 Å². The molecule has 146 valence electrons. The van der Waals surface area contributed by atoms with Crippen molar-refractivity contribution in [3.63, 3.8) is 0 Å². The molecule has 0 aliphatic carbocycles. The molecule has 2 aromatic heterocycles. The number of ether oxygens (including phenoxy) is 1. The molecule has 1 aliphatic rings. The average Bonchev–Trinajstić information content (AvgIpc) is 3.25. The third-order valence-electron chi connectivity index (χ3n) is 4.42. The third kappa shape index (κ3) is 4.51. The van der Waals surface area contributed by atoms with Gasteiger partial charge < -0.3 is 23.5 Å². The van der Waals surface area contributed by atoms with E-state index in [1.807, 2.05) is 24.6 Å². The summed E-state index contributed by atoms with van der Waals surface area (Å²) >= 11 is 1.29. The summed E-state index contributed by atoms with van der Waals surface area (Å²) in [5.41, 5.74) is 0.872. The van der Waals surface area contributed by atoms with Crippen LogP contribution in [0.15, 0.2) is 21.9 Å². The predicted molar refractivity (Wildman–Crippen MR) is 99.2 cm³/mol. The Kier molecular flexibility index (Phi) is 6.17. The summed E-state index contributed by atoms with van der Waals surface area (Å²) in [4.78, 5) is 27.8. The minimum atomic E-state index is -0.134. The number of aryl methyl sites for hydroxylation is 1. The van der Waals surface area contributed by atoms with E-state index in [4.69, 9.17) is 9.15 Å². The van der Waals surface area contributed by atoms with Crippen LogP contribution in [0.1, 0.15) is 5.76 Å². The normalized spacial score (nSPS) is 14.4. The molecule has 3 heterocycles. The van der Waals surface area contributed by atoms with E-state index in [0.717, 1.165) is 11.3 Å². The number of furan rings is 1. The van der Waals surface area contributed by atoms with Crippen LogP contribution in [0.25, 0.3) is 11.4 Å². The lowest BCUT2D eigenvalue weighted by Crippen LogP contribution is -2.46. The molecule has 0 bridgehead atoms. The Hall–Kier alpha value is -2.33. The maximum Gasteiger partial charge on any atom is 0.242 e. The van der Waals surface area contributed by atoms with Crippen molar-refractivity contribution >= 4 is 23.6 Å². The van der Waals surface area contributed by atoms with Crippen LogP contribution in [0.2, 0.25) is 0 Å². The molecule has 9 nitrogen and oxygen atoms in total. The van der Waals surface area contributed by atoms with E-state index in [1.165, 1.54) is 16.7 Å². The second-order valence-corrected chi connectivity index (χ2v) is 7.23. The van der Waals surface area contributed by atoms with Gasteiger partial charge in [0.25, 0.3) is 0 Å². The van der Waals surface area contributed by atoms with E-state index in [9.17, 15) is 9.59 Å². The van der Waals surface area contributed by atoms with Crippen molar-refractivity contribution in [1.82, 2.24) is 24.6 Å². The molecule has 2 aromatic rings. The van der Waals surface area contributed by atoms with Crippen LogP contribution >= 0.6 is 11.8 Å². The van der Waals surface area contributed by atoms with Crippen LogP contribution in [0.5, 0.6) is 0 Å². The Morgan fingerprint density at radius 1 is 1.30 bits per heavy atom. The van der Waals surface area contributed by atoms with Crippen LogP contribution in [0, 0.1) is 6.92 Å². The van der Waals surface area contributed by atoms with Crippen molar-refractivity contribution in [2.75, 3.05) is 45.6 Å². The SMILES string of the molecule is Cc1occc1-c1nnc(SCC(=O)N(C)CC(=O)N2CCOCC2)n1C. The molecule has 1 saturated heterocycles. The largest absolute Gasteiger partial charge is 0.469 e. The predicted octanol–water partition coefficient (Wildman–Crippen LogP) is 0.793. The highest BCUT2D eigenvalue weighted by Gasteiger charge is 2.21. The maximum absolute atomic E-state index is 12.4. The Morgan fingerprint density at radius 3 is 2.70 bits per heavy atom. The first-order valence-corrected chi connectivity index (χ1v) is 9.62. The number of amides is 2. The summed E-state index contributed by atoms with van der Waals surface area (Å²) in [5, 5.41) is 8.97. The van der Waals surface area contributed by atoms with E-state index in [1.54, 1.807) is 18.2 Å². The summed E-state index contributed by atoms with van der Waals surface area (Å²) in [6, 6.07) is 1.84. The van der Waals surface area contributed by atoms with E-state index in [-0.39, 0.29) is 24.1 Å². The van der Waals surface area contributed by atoms with Crippen molar-refractivity contribution in [2.45, 2.75) is 12.1 Å². The number of nitrogens with zero attached hydrogens (tertiary/aromatic N) is 5. The molecule has 0 saturated carbocycles. The molecule has 0 N–H and O–H groups in total. The molecule has 0 atom stereocenters. The van der Waals surface area contributed by atoms with Crippen LogP contribution in [0.4, 0.5) is 0 Å². The van der Waals surface area contributed by atoms with Crippen LogP contribution in [0.3, 0.4) is 0 Å². The van der Waals surface area contributed by atoms with E-state index < -0.39 is 0 Å². The molecule has 0 unspecified atom stereocenters. The van der Waals surface area contributed by atoms with Gasteiger partial charge in [0.15, 0.2) is 11.0 Å². The number of rotatable bonds is 6. The number of carbonyl (C=O) groups excluding carboxylic acids is 2. The Labute approximate surface area is 161 Å². The minimum Gasteiger partial charge on any atom is -0.469 e. The number of hydrogen-bond acceptors (Lipinski definition) is 7. The topological polar surface area (TPSA) is 93.7 Å². The number of morpholine rings is 1. The standard InChI is InChI=1S/C17H23N5O4S/c1-12-13(4-7-26-12)16-18-19-17(21(16)3)27-11-15(24)20(2)10-14(23)22-5-8-25-9-6-22/h4,7H,5-6,8-11H2,1-3H3. The number of thioether (sulfide) groups is 1. The van der Waals surface area contributed by atoms with Crippen molar-refractivity contribution < 1.29 is 18.7 Å². The van der Waals surface area contributed by atoms with Crippen molar-refractivity contribution in [1.29, 1.82) is 0 Å². The van der Waals surface area contributed by atoms with Gasteiger partial charge in [0.05, 0.1) is 37.3 Å². The van der Waals surface area contributed by atoms with E-state index in [2.05, 4.69) is 10.2 Å². The summed E-state index contributed by atoms with van der Waals surface area (Å²) in [6.07, 6.45) is 1.61. The first-order chi connectivity index (χ1) is 13.0. The zero-order chi connectivity index (χ0) is 19.4. The van der Waals surface area contributed by atoms with Crippen molar-refractivity contribution in [3.8, 4) is 11.4 Å². The fourth-order valence-corrected chi connectivity index (χ4v) is 3.58. The number of carbonyl (C=O) groups is 2. The summed E-state index contributed by atoms with van der Waals surface area (Å²) in [7, 11) is 3.48. The Bertz CT molecular complexity index is 812.